The van der Waals surface area contributed by atoms with Crippen LogP contribution < -0.4 is 10.9 Å². The molecule has 3 aromatic carbocycles. The average Bonchev–Trinajstić information content (AvgIpc) is 3.00. The Kier molecular flexibility index (Phi) is 4.89. The lowest BCUT2D eigenvalue weighted by atomic mass is 10.1. The van der Waals surface area contributed by atoms with E-state index in [2.05, 4.69) is 10.9 Å². The van der Waals surface area contributed by atoms with Crippen molar-refractivity contribution in [1.82, 2.24) is 15.8 Å². The minimum absolute atomic E-state index is 0.00866. The Morgan fingerprint density at radius 3 is 2.03 bits per heavy atom. The van der Waals surface area contributed by atoms with Crippen molar-refractivity contribution < 1.29 is 24.3 Å². The predicted octanol–water partition coefficient (Wildman–Crippen LogP) is 1.99. The minimum atomic E-state index is -0.688. The highest BCUT2D eigenvalue weighted by Gasteiger charge is 2.34. The van der Waals surface area contributed by atoms with Gasteiger partial charge in [0.25, 0.3) is 17.7 Å². The third-order valence-corrected chi connectivity index (χ3v) is 4.86. The molecule has 4 rings (SSSR count). The summed E-state index contributed by atoms with van der Waals surface area (Å²) < 4.78 is 0. The van der Waals surface area contributed by atoms with Gasteiger partial charge in [-0.15, -0.1) is 0 Å². The number of phenols is 1. The van der Waals surface area contributed by atoms with Crippen LogP contribution in [0.25, 0.3) is 10.8 Å². The number of nitrogens with one attached hydrogen (secondary N) is 2. The fourth-order valence-electron chi connectivity index (χ4n) is 3.32. The highest BCUT2D eigenvalue weighted by Crippen LogP contribution is 2.25. The molecule has 0 bridgehead atoms. The van der Waals surface area contributed by atoms with Crippen LogP contribution in [0.1, 0.15) is 37.5 Å². The van der Waals surface area contributed by atoms with Gasteiger partial charge in [0.05, 0.1) is 16.7 Å². The smallest absolute Gasteiger partial charge is 0.273 e. The number of phenolic OH excluding ortho intramolecular Hbond substituents is 1. The van der Waals surface area contributed by atoms with E-state index in [1.54, 1.807) is 36.4 Å². The molecule has 0 aliphatic carbocycles. The van der Waals surface area contributed by atoms with Crippen LogP contribution in [0, 0.1) is 0 Å². The normalized spacial score (nSPS) is 12.7. The van der Waals surface area contributed by atoms with Crippen molar-refractivity contribution in [2.75, 3.05) is 6.54 Å². The standard InChI is InChI=1S/C22H17N3O5/c26-18-12-14-6-2-1-5-13(14)11-17(18)20(28)24-23-19(27)9-10-25-21(29)15-7-3-4-8-16(15)22(25)30/h1-8,11-12,26H,9-10H2,(H,23,27)(H,24,28). The first-order valence-corrected chi connectivity index (χ1v) is 9.22. The molecule has 30 heavy (non-hydrogen) atoms. The molecule has 0 saturated heterocycles. The molecule has 1 aliphatic rings. The Hall–Kier alpha value is -4.20. The maximum absolute atomic E-state index is 12.3. The van der Waals surface area contributed by atoms with Gasteiger partial charge in [-0.25, -0.2) is 0 Å². The summed E-state index contributed by atoms with van der Waals surface area (Å²) >= 11 is 0. The first-order chi connectivity index (χ1) is 14.5. The van der Waals surface area contributed by atoms with Crippen molar-refractivity contribution in [3.05, 3.63) is 77.4 Å². The van der Waals surface area contributed by atoms with Crippen molar-refractivity contribution in [2.24, 2.45) is 0 Å². The molecule has 0 spiro atoms. The van der Waals surface area contributed by atoms with E-state index in [1.165, 1.54) is 12.1 Å². The van der Waals surface area contributed by atoms with E-state index in [9.17, 15) is 24.3 Å². The highest BCUT2D eigenvalue weighted by atomic mass is 16.3. The van der Waals surface area contributed by atoms with Gasteiger partial charge in [-0.3, -0.25) is 34.9 Å². The molecule has 0 saturated carbocycles. The molecule has 3 aromatic rings. The van der Waals surface area contributed by atoms with Gasteiger partial charge in [-0.05, 0) is 35.0 Å². The molecular weight excluding hydrogens is 386 g/mol. The summed E-state index contributed by atoms with van der Waals surface area (Å²) in [5.74, 6) is -2.39. The van der Waals surface area contributed by atoms with Gasteiger partial charge in [0.15, 0.2) is 0 Å². The average molecular weight is 403 g/mol. The first kappa shape index (κ1) is 19.1. The second kappa shape index (κ2) is 7.67. The maximum atomic E-state index is 12.3. The van der Waals surface area contributed by atoms with Gasteiger partial charge in [-0.1, -0.05) is 36.4 Å². The number of nitrogens with zero attached hydrogens (tertiary/aromatic N) is 1. The Balaban J connectivity index is 1.34. The van der Waals surface area contributed by atoms with Crippen LogP contribution in [0.15, 0.2) is 60.7 Å². The van der Waals surface area contributed by atoms with Crippen LogP contribution >= 0.6 is 0 Å². The first-order valence-electron chi connectivity index (χ1n) is 9.22. The molecule has 8 nitrogen and oxygen atoms in total. The number of carbonyl (C=O) groups is 4. The summed E-state index contributed by atoms with van der Waals surface area (Å²) in [6.07, 6.45) is -0.185. The number of amides is 4. The summed E-state index contributed by atoms with van der Waals surface area (Å²) in [5.41, 5.74) is 5.09. The second-order valence-corrected chi connectivity index (χ2v) is 6.78. The van der Waals surface area contributed by atoms with Gasteiger partial charge in [0, 0.05) is 13.0 Å². The van der Waals surface area contributed by atoms with Gasteiger partial charge < -0.3 is 5.11 Å². The number of benzene rings is 3. The maximum Gasteiger partial charge on any atom is 0.273 e. The zero-order chi connectivity index (χ0) is 21.3. The molecule has 0 aromatic heterocycles. The van der Waals surface area contributed by atoms with Crippen molar-refractivity contribution in [3.63, 3.8) is 0 Å². The second-order valence-electron chi connectivity index (χ2n) is 6.78. The van der Waals surface area contributed by atoms with Crippen LogP contribution in [0.3, 0.4) is 0 Å². The van der Waals surface area contributed by atoms with Crippen molar-refractivity contribution in [3.8, 4) is 5.75 Å². The Morgan fingerprint density at radius 2 is 1.40 bits per heavy atom. The van der Waals surface area contributed by atoms with E-state index in [-0.39, 0.29) is 24.3 Å². The number of imide groups is 1. The minimum Gasteiger partial charge on any atom is -0.507 e. The Morgan fingerprint density at radius 1 is 0.833 bits per heavy atom. The van der Waals surface area contributed by atoms with Gasteiger partial charge >= 0.3 is 0 Å². The molecule has 0 fully saturated rings. The van der Waals surface area contributed by atoms with Crippen molar-refractivity contribution in [1.29, 1.82) is 0 Å². The van der Waals surface area contributed by atoms with E-state index in [1.807, 2.05) is 12.1 Å². The van der Waals surface area contributed by atoms with E-state index in [0.717, 1.165) is 15.7 Å². The zero-order valence-corrected chi connectivity index (χ0v) is 15.7. The lowest BCUT2D eigenvalue weighted by Crippen LogP contribution is -2.43. The molecule has 1 heterocycles. The van der Waals surface area contributed by atoms with Gasteiger partial charge in [0.1, 0.15) is 5.75 Å². The lowest BCUT2D eigenvalue weighted by molar-refractivity contribution is -0.121. The summed E-state index contributed by atoms with van der Waals surface area (Å²) in [6.45, 7) is -0.116. The third kappa shape index (κ3) is 3.46. The SMILES string of the molecule is O=C(CCN1C(=O)c2ccccc2C1=O)NNC(=O)c1cc2ccccc2cc1O. The monoisotopic (exact) mass is 403 g/mol. The number of hydrazine groups is 1. The number of aromatic hydroxyl groups is 1. The molecule has 3 N–H and O–H groups in total. The Bertz CT molecular complexity index is 1170. The van der Waals surface area contributed by atoms with Crippen LogP contribution in [-0.4, -0.2) is 40.2 Å². The summed E-state index contributed by atoms with van der Waals surface area (Å²) in [6, 6.07) is 16.7. The van der Waals surface area contributed by atoms with Crippen molar-refractivity contribution >= 4 is 34.4 Å². The van der Waals surface area contributed by atoms with E-state index < -0.39 is 23.6 Å². The summed E-state index contributed by atoms with van der Waals surface area (Å²) in [5, 5.41) is 11.6. The summed E-state index contributed by atoms with van der Waals surface area (Å²) in [7, 11) is 0. The van der Waals surface area contributed by atoms with Crippen LogP contribution in [0.5, 0.6) is 5.75 Å². The zero-order valence-electron chi connectivity index (χ0n) is 15.7. The predicted molar refractivity (Wildman–Crippen MR) is 108 cm³/mol. The fraction of sp³-hybridized carbons (Fsp3) is 0.0909. The topological polar surface area (TPSA) is 116 Å². The Labute approximate surface area is 171 Å². The molecule has 0 radical (unpaired) electrons. The van der Waals surface area contributed by atoms with Crippen LogP contribution in [0.4, 0.5) is 0 Å². The van der Waals surface area contributed by atoms with Crippen molar-refractivity contribution in [2.45, 2.75) is 6.42 Å². The highest BCUT2D eigenvalue weighted by molar-refractivity contribution is 6.21. The number of hydrogen-bond donors (Lipinski definition) is 3. The molecule has 150 valence electrons. The number of hydrogen-bond acceptors (Lipinski definition) is 5. The molecule has 0 atom stereocenters. The third-order valence-electron chi connectivity index (χ3n) is 4.86. The van der Waals surface area contributed by atoms with E-state index in [0.29, 0.717) is 11.1 Å². The lowest BCUT2D eigenvalue weighted by Gasteiger charge is -2.14. The molecule has 4 amide bonds. The van der Waals surface area contributed by atoms with E-state index in [4.69, 9.17) is 0 Å². The molecule has 1 aliphatic heterocycles. The van der Waals surface area contributed by atoms with Gasteiger partial charge in [-0.2, -0.15) is 0 Å². The number of carbonyl (C=O) groups excluding carboxylic acids is 4. The molecule has 0 unspecified atom stereocenters. The van der Waals surface area contributed by atoms with Crippen LogP contribution in [-0.2, 0) is 4.79 Å². The van der Waals surface area contributed by atoms with Crippen LogP contribution in [0.2, 0.25) is 0 Å². The van der Waals surface area contributed by atoms with Gasteiger partial charge in [0.2, 0.25) is 5.91 Å². The molecule has 8 heteroatoms. The number of fused-ring (bicyclic) bond motifs is 2. The summed E-state index contributed by atoms with van der Waals surface area (Å²) in [4.78, 5) is 50.0. The largest absolute Gasteiger partial charge is 0.507 e. The molecular formula is C22H17N3O5. The van der Waals surface area contributed by atoms with E-state index >= 15 is 0 Å². The fourth-order valence-corrected chi connectivity index (χ4v) is 3.32. The quantitative estimate of drug-likeness (QED) is 0.455. The number of rotatable bonds is 4.